The molecule has 0 saturated heterocycles. The van der Waals surface area contributed by atoms with Crippen molar-refractivity contribution < 1.29 is 42.1 Å². The first-order chi connectivity index (χ1) is 6.81. The van der Waals surface area contributed by atoms with Gasteiger partial charge in [-0.2, -0.15) is 0 Å². The molecule has 4 heteroatoms. The van der Waals surface area contributed by atoms with Crippen LogP contribution in [0.2, 0.25) is 0 Å². The van der Waals surface area contributed by atoms with Crippen LogP contribution in [0.1, 0.15) is 31.0 Å². The Hall–Kier alpha value is 0.327. The summed E-state index contributed by atoms with van der Waals surface area (Å²) in [5, 5.41) is 0. The Labute approximate surface area is 127 Å². The number of hydrogen-bond acceptors (Lipinski definition) is 2. The number of aryl methyl sites for hydroxylation is 2. The summed E-state index contributed by atoms with van der Waals surface area (Å²) < 4.78 is 0. The molecule has 16 heavy (non-hydrogen) atoms. The van der Waals surface area contributed by atoms with Gasteiger partial charge in [0, 0.05) is 54.0 Å². The summed E-state index contributed by atoms with van der Waals surface area (Å²) >= 11 is 0. The van der Waals surface area contributed by atoms with Crippen LogP contribution in [0.4, 0.5) is 5.69 Å². The van der Waals surface area contributed by atoms with E-state index in [4.69, 9.17) is 0 Å². The van der Waals surface area contributed by atoms with Gasteiger partial charge in [0.25, 0.3) is 0 Å². The molecule has 0 aromatic carbocycles. The topological polar surface area (TPSA) is 16.1 Å². The molecular formula is C12H17N2W2-. The second-order valence-corrected chi connectivity index (χ2v) is 3.93. The van der Waals surface area contributed by atoms with Gasteiger partial charge in [-0.25, -0.2) is 0 Å². The smallest absolute Gasteiger partial charge is 0.0612 e. The number of anilines is 1. The van der Waals surface area contributed by atoms with Gasteiger partial charge in [0.1, 0.15) is 0 Å². The zero-order valence-electron chi connectivity index (χ0n) is 9.61. The van der Waals surface area contributed by atoms with Gasteiger partial charge in [-0.15, -0.1) is 0 Å². The van der Waals surface area contributed by atoms with Crippen molar-refractivity contribution in [2.24, 2.45) is 0 Å². The molecule has 88 valence electrons. The molecule has 1 aromatic rings. The van der Waals surface area contributed by atoms with Crippen LogP contribution in [0.15, 0.2) is 12.3 Å². The van der Waals surface area contributed by atoms with Gasteiger partial charge < -0.3 is 4.90 Å². The zero-order valence-corrected chi connectivity index (χ0v) is 15.5. The average molecular weight is 557 g/mol. The fraction of sp³-hybridized carbons (Fsp3) is 0.500. The van der Waals surface area contributed by atoms with Gasteiger partial charge in [-0.1, -0.05) is 13.3 Å². The van der Waals surface area contributed by atoms with Crippen molar-refractivity contribution in [3.8, 4) is 0 Å². The molecule has 0 aliphatic carbocycles. The summed E-state index contributed by atoms with van der Waals surface area (Å²) in [6.07, 6.45) is 6.59. The van der Waals surface area contributed by atoms with E-state index >= 15 is 0 Å². The van der Waals surface area contributed by atoms with E-state index in [1.165, 1.54) is 29.8 Å². The second kappa shape index (κ2) is 7.61. The van der Waals surface area contributed by atoms with Crippen molar-refractivity contribution in [2.45, 2.75) is 32.6 Å². The Balaban J connectivity index is 0.00000112. The first-order valence-corrected chi connectivity index (χ1v) is 5.37. The Morgan fingerprint density at radius 1 is 1.44 bits per heavy atom. The van der Waals surface area contributed by atoms with Crippen LogP contribution in [0.3, 0.4) is 0 Å². The van der Waals surface area contributed by atoms with Crippen LogP contribution in [0.25, 0.3) is 0 Å². The second-order valence-electron chi connectivity index (χ2n) is 3.93. The molecule has 0 fully saturated rings. The number of hydrogen-bond donors (Lipinski definition) is 0. The number of aromatic nitrogens is 1. The van der Waals surface area contributed by atoms with Crippen LogP contribution in [0, 0.1) is 7.05 Å². The van der Waals surface area contributed by atoms with Crippen LogP contribution in [-0.2, 0) is 55.0 Å². The van der Waals surface area contributed by atoms with E-state index in [-0.39, 0.29) is 42.1 Å². The molecule has 0 spiro atoms. The summed E-state index contributed by atoms with van der Waals surface area (Å²) in [5.41, 5.74) is 3.79. The SMILES string of the molecule is [CH2-]N1CCCc2ncc(CCC)cc21.[W].[W]. The van der Waals surface area contributed by atoms with Crippen LogP contribution < -0.4 is 4.90 Å². The van der Waals surface area contributed by atoms with E-state index in [9.17, 15) is 0 Å². The largest absolute Gasteiger partial charge is 0.524 e. The summed E-state index contributed by atoms with van der Waals surface area (Å²) in [5.74, 6) is 0. The predicted molar refractivity (Wildman–Crippen MR) is 59.3 cm³/mol. The summed E-state index contributed by atoms with van der Waals surface area (Å²) in [7, 11) is 4.03. The molecule has 0 amide bonds. The number of rotatable bonds is 2. The third-order valence-corrected chi connectivity index (χ3v) is 2.72. The van der Waals surface area contributed by atoms with Crippen molar-refractivity contribution in [1.29, 1.82) is 0 Å². The Kier molecular flexibility index (Phi) is 7.77. The van der Waals surface area contributed by atoms with E-state index in [0.29, 0.717) is 0 Å². The summed E-state index contributed by atoms with van der Waals surface area (Å²) in [6, 6.07) is 2.25. The van der Waals surface area contributed by atoms with Gasteiger partial charge in [0.2, 0.25) is 0 Å². The van der Waals surface area contributed by atoms with Crippen LogP contribution >= 0.6 is 0 Å². The molecule has 0 bridgehead atoms. The third-order valence-electron chi connectivity index (χ3n) is 2.72. The minimum Gasteiger partial charge on any atom is -0.524 e. The zero-order chi connectivity index (χ0) is 9.97. The average Bonchev–Trinajstić information content (AvgIpc) is 2.20. The van der Waals surface area contributed by atoms with Crippen LogP contribution in [-0.4, -0.2) is 11.5 Å². The maximum Gasteiger partial charge on any atom is 0.0612 e. The summed E-state index contributed by atoms with van der Waals surface area (Å²) in [4.78, 5) is 6.58. The van der Waals surface area contributed by atoms with Gasteiger partial charge in [-0.3, -0.25) is 12.0 Å². The maximum atomic E-state index is 4.51. The molecule has 2 nitrogen and oxygen atoms in total. The Morgan fingerprint density at radius 3 is 2.88 bits per heavy atom. The fourth-order valence-electron chi connectivity index (χ4n) is 1.97. The number of pyridine rings is 1. The molecule has 1 aliphatic heterocycles. The van der Waals surface area contributed by atoms with Crippen molar-refractivity contribution in [2.75, 3.05) is 11.4 Å². The maximum absolute atomic E-state index is 4.51. The molecule has 2 rings (SSSR count). The molecule has 0 unspecified atom stereocenters. The van der Waals surface area contributed by atoms with Gasteiger partial charge >= 0.3 is 0 Å². The normalized spacial score (nSPS) is 13.5. The molecule has 0 N–H and O–H groups in total. The number of fused-ring (bicyclic) bond motifs is 1. The first kappa shape index (κ1) is 16.3. The van der Waals surface area contributed by atoms with Crippen LogP contribution in [0.5, 0.6) is 0 Å². The predicted octanol–water partition coefficient (Wildman–Crippen LogP) is 2.57. The summed E-state index contributed by atoms with van der Waals surface area (Å²) in [6.45, 7) is 3.26. The first-order valence-electron chi connectivity index (χ1n) is 5.37. The molecule has 0 atom stereocenters. The quantitative estimate of drug-likeness (QED) is 0.521. The van der Waals surface area contributed by atoms with Gasteiger partial charge in [0.15, 0.2) is 0 Å². The van der Waals surface area contributed by atoms with E-state index in [1.54, 1.807) is 0 Å². The molecule has 1 aliphatic rings. The number of nitrogens with zero attached hydrogens (tertiary/aromatic N) is 2. The standard InChI is InChI=1S/C12H17N2.2W/c1-3-5-10-8-12-11(13-9-10)6-4-7-14(12)2;;/h8-9H,2-7H2,1H3;;/q-1;;. The van der Waals surface area contributed by atoms with Crippen molar-refractivity contribution in [3.63, 3.8) is 0 Å². The minimum atomic E-state index is 0. The fourth-order valence-corrected chi connectivity index (χ4v) is 1.97. The molecule has 0 radical (unpaired) electrons. The Bertz CT molecular complexity index is 329. The van der Waals surface area contributed by atoms with Gasteiger partial charge in [0.05, 0.1) is 5.69 Å². The molecule has 2 heterocycles. The molecular weight excluding hydrogens is 540 g/mol. The van der Waals surface area contributed by atoms with Crippen molar-refractivity contribution in [1.82, 2.24) is 4.98 Å². The third kappa shape index (κ3) is 3.67. The van der Waals surface area contributed by atoms with E-state index < -0.39 is 0 Å². The van der Waals surface area contributed by atoms with Crippen molar-refractivity contribution in [3.05, 3.63) is 30.6 Å². The Morgan fingerprint density at radius 2 is 2.19 bits per heavy atom. The molecule has 0 saturated carbocycles. The van der Waals surface area contributed by atoms with E-state index in [1.807, 2.05) is 6.20 Å². The van der Waals surface area contributed by atoms with E-state index in [0.717, 1.165) is 19.4 Å². The molecule has 1 aromatic heterocycles. The monoisotopic (exact) mass is 557 g/mol. The van der Waals surface area contributed by atoms with Crippen molar-refractivity contribution >= 4 is 5.69 Å². The minimum absolute atomic E-state index is 0. The van der Waals surface area contributed by atoms with E-state index in [2.05, 4.69) is 29.9 Å². The van der Waals surface area contributed by atoms with Gasteiger partial charge in [-0.05, 0) is 37.4 Å².